The number of fused-ring (bicyclic) bond motifs is 1. The van der Waals surface area contributed by atoms with Gasteiger partial charge in [-0.15, -0.1) is 0 Å². The molecule has 0 aromatic carbocycles. The summed E-state index contributed by atoms with van der Waals surface area (Å²) in [4.78, 5) is 35.8. The average molecular weight is 576 g/mol. The Morgan fingerprint density at radius 3 is 1.93 bits per heavy atom. The molecule has 0 amide bonds. The van der Waals surface area contributed by atoms with E-state index in [2.05, 4.69) is 21.9 Å². The standard InChI is InChI=1S/C32H57N5O4/c1-2-3-4-5-6-7-8-9-10-11-12-13-14-15-16-17-18-19-20-21-28(39)41-25-27(22-23-38)24-37-31(40)29-30(35-26-34-29)36-32(37)33/h26-27,38H,2-25H2,1H3,(H2,33,36)(H,34,35). The number of nitrogen functional groups attached to an aromatic ring is 1. The Morgan fingerprint density at radius 1 is 0.902 bits per heavy atom. The molecule has 2 rings (SSSR count). The van der Waals surface area contributed by atoms with Gasteiger partial charge in [0.15, 0.2) is 11.2 Å². The van der Waals surface area contributed by atoms with Gasteiger partial charge >= 0.3 is 5.97 Å². The Bertz CT molecular complexity index is 1010. The molecule has 2 heterocycles. The summed E-state index contributed by atoms with van der Waals surface area (Å²) >= 11 is 0. The van der Waals surface area contributed by atoms with Crippen molar-refractivity contribution in [2.75, 3.05) is 18.9 Å². The summed E-state index contributed by atoms with van der Waals surface area (Å²) in [6, 6.07) is 0. The van der Waals surface area contributed by atoms with E-state index in [0.717, 1.165) is 19.3 Å². The molecule has 0 bridgehead atoms. The summed E-state index contributed by atoms with van der Waals surface area (Å²) in [6.45, 7) is 2.54. The number of anilines is 1. The summed E-state index contributed by atoms with van der Waals surface area (Å²) < 4.78 is 6.81. The summed E-state index contributed by atoms with van der Waals surface area (Å²) in [6.07, 6.45) is 27.3. The number of hydrogen-bond donors (Lipinski definition) is 3. The van der Waals surface area contributed by atoms with Gasteiger partial charge in [0, 0.05) is 25.5 Å². The van der Waals surface area contributed by atoms with Crippen molar-refractivity contribution in [2.24, 2.45) is 5.92 Å². The minimum absolute atomic E-state index is 0.0537. The molecule has 2 aromatic heterocycles. The smallest absolute Gasteiger partial charge is 0.305 e. The largest absolute Gasteiger partial charge is 0.465 e. The highest BCUT2D eigenvalue weighted by Gasteiger charge is 2.17. The van der Waals surface area contributed by atoms with Crippen molar-refractivity contribution in [3.8, 4) is 0 Å². The molecule has 0 saturated heterocycles. The second-order valence-electron chi connectivity index (χ2n) is 11.7. The van der Waals surface area contributed by atoms with E-state index >= 15 is 0 Å². The summed E-state index contributed by atoms with van der Waals surface area (Å²) in [7, 11) is 0. The van der Waals surface area contributed by atoms with Gasteiger partial charge in [-0.2, -0.15) is 4.98 Å². The number of carbonyl (C=O) groups excluding carboxylic acids is 1. The lowest BCUT2D eigenvalue weighted by atomic mass is 10.0. The zero-order chi connectivity index (χ0) is 29.5. The molecule has 41 heavy (non-hydrogen) atoms. The Hall–Kier alpha value is -2.42. The van der Waals surface area contributed by atoms with Crippen molar-refractivity contribution in [2.45, 2.75) is 148 Å². The zero-order valence-corrected chi connectivity index (χ0v) is 25.7. The van der Waals surface area contributed by atoms with Gasteiger partial charge in [0.05, 0.1) is 12.9 Å². The molecule has 1 unspecified atom stereocenters. The second-order valence-corrected chi connectivity index (χ2v) is 11.7. The fourth-order valence-corrected chi connectivity index (χ4v) is 5.41. The van der Waals surface area contributed by atoms with Crippen LogP contribution < -0.4 is 11.3 Å². The number of esters is 1. The molecule has 0 radical (unpaired) electrons. The molecule has 9 heteroatoms. The first-order valence-corrected chi connectivity index (χ1v) is 16.5. The number of unbranched alkanes of at least 4 members (excludes halogenated alkanes) is 18. The number of nitrogens with two attached hydrogens (primary N) is 1. The third-order valence-corrected chi connectivity index (χ3v) is 8.02. The summed E-state index contributed by atoms with van der Waals surface area (Å²) in [5.41, 5.74) is 6.19. The van der Waals surface area contributed by atoms with Gasteiger partial charge in [0.25, 0.3) is 5.56 Å². The number of hydrogen-bond acceptors (Lipinski definition) is 7. The number of aromatic amines is 1. The highest BCUT2D eigenvalue weighted by atomic mass is 16.5. The number of H-pyrrole nitrogens is 1. The van der Waals surface area contributed by atoms with Crippen LogP contribution in [0.3, 0.4) is 0 Å². The SMILES string of the molecule is CCCCCCCCCCCCCCCCCCCCCC(=O)OCC(CCO)Cn1c(N)nc2nc[nH]c2c1=O. The number of aromatic nitrogens is 4. The molecule has 0 aliphatic carbocycles. The van der Waals surface area contributed by atoms with Gasteiger partial charge in [-0.05, 0) is 12.8 Å². The van der Waals surface area contributed by atoms with Crippen LogP contribution in [0.5, 0.6) is 0 Å². The number of carbonyl (C=O) groups is 1. The molecular formula is C32H57N5O4. The van der Waals surface area contributed by atoms with Gasteiger partial charge in [-0.3, -0.25) is 14.2 Å². The summed E-state index contributed by atoms with van der Waals surface area (Å²) in [5, 5.41) is 9.44. The first kappa shape index (κ1) is 34.8. The summed E-state index contributed by atoms with van der Waals surface area (Å²) in [5.74, 6) is -0.420. The quantitative estimate of drug-likeness (QED) is 0.0806. The van der Waals surface area contributed by atoms with E-state index in [-0.39, 0.29) is 54.3 Å². The maximum Gasteiger partial charge on any atom is 0.305 e. The molecule has 0 aliphatic heterocycles. The molecule has 4 N–H and O–H groups in total. The van der Waals surface area contributed by atoms with Crippen LogP contribution in [0.4, 0.5) is 5.95 Å². The minimum atomic E-state index is -0.326. The number of nitrogens with one attached hydrogen (secondary N) is 1. The Balaban J connectivity index is 1.43. The fourth-order valence-electron chi connectivity index (χ4n) is 5.41. The van der Waals surface area contributed by atoms with Crippen LogP contribution in [0.15, 0.2) is 11.1 Å². The number of nitrogens with zero attached hydrogens (tertiary/aromatic N) is 3. The van der Waals surface area contributed by atoms with Crippen LogP contribution >= 0.6 is 0 Å². The molecular weight excluding hydrogens is 518 g/mol. The van der Waals surface area contributed by atoms with Crippen molar-refractivity contribution in [1.82, 2.24) is 19.5 Å². The molecule has 0 saturated carbocycles. The highest BCUT2D eigenvalue weighted by Crippen LogP contribution is 2.16. The van der Waals surface area contributed by atoms with Gasteiger partial charge in [-0.1, -0.05) is 122 Å². The van der Waals surface area contributed by atoms with E-state index < -0.39 is 0 Å². The van der Waals surface area contributed by atoms with E-state index in [1.807, 2.05) is 0 Å². The van der Waals surface area contributed by atoms with E-state index in [1.54, 1.807) is 0 Å². The lowest BCUT2D eigenvalue weighted by Crippen LogP contribution is -2.30. The van der Waals surface area contributed by atoms with Gasteiger partial charge < -0.3 is 20.6 Å². The van der Waals surface area contributed by atoms with E-state index in [4.69, 9.17) is 10.5 Å². The second kappa shape index (κ2) is 22.2. The number of aliphatic hydroxyl groups excluding tert-OH is 1. The van der Waals surface area contributed by atoms with Crippen LogP contribution in [0.1, 0.15) is 142 Å². The van der Waals surface area contributed by atoms with Gasteiger partial charge in [0.1, 0.15) is 0 Å². The lowest BCUT2D eigenvalue weighted by molar-refractivity contribution is -0.145. The van der Waals surface area contributed by atoms with Crippen molar-refractivity contribution in [3.63, 3.8) is 0 Å². The first-order chi connectivity index (χ1) is 20.1. The molecule has 0 fully saturated rings. The van der Waals surface area contributed by atoms with Crippen LogP contribution in [0, 0.1) is 5.92 Å². The third kappa shape index (κ3) is 14.9. The Kier molecular flexibility index (Phi) is 18.8. The van der Waals surface area contributed by atoms with Gasteiger partial charge in [0.2, 0.25) is 5.95 Å². The topological polar surface area (TPSA) is 136 Å². The molecule has 0 spiro atoms. The van der Waals surface area contributed by atoms with Crippen LogP contribution in [-0.4, -0.2) is 43.8 Å². The van der Waals surface area contributed by atoms with Crippen molar-refractivity contribution in [3.05, 3.63) is 16.7 Å². The number of imidazole rings is 1. The first-order valence-electron chi connectivity index (χ1n) is 16.5. The maximum absolute atomic E-state index is 12.7. The molecule has 234 valence electrons. The molecule has 2 aromatic rings. The van der Waals surface area contributed by atoms with E-state index in [1.165, 1.54) is 114 Å². The maximum atomic E-state index is 12.7. The third-order valence-electron chi connectivity index (χ3n) is 8.02. The number of ether oxygens (including phenoxy) is 1. The number of aliphatic hydroxyl groups is 1. The Morgan fingerprint density at radius 2 is 1.41 bits per heavy atom. The number of rotatable bonds is 26. The molecule has 0 aliphatic rings. The fraction of sp³-hybridized carbons (Fsp3) is 0.812. The predicted molar refractivity (Wildman–Crippen MR) is 167 cm³/mol. The minimum Gasteiger partial charge on any atom is -0.465 e. The monoisotopic (exact) mass is 575 g/mol. The Labute approximate surface area is 247 Å². The predicted octanol–water partition coefficient (Wildman–Crippen LogP) is 7.07. The average Bonchev–Trinajstić information content (AvgIpc) is 3.43. The zero-order valence-electron chi connectivity index (χ0n) is 25.7. The highest BCUT2D eigenvalue weighted by molar-refractivity contribution is 5.70. The normalized spacial score (nSPS) is 12.2. The van der Waals surface area contributed by atoms with Crippen LogP contribution in [0.25, 0.3) is 11.2 Å². The van der Waals surface area contributed by atoms with Crippen LogP contribution in [-0.2, 0) is 16.1 Å². The molecule has 1 atom stereocenters. The van der Waals surface area contributed by atoms with Crippen molar-refractivity contribution < 1.29 is 14.6 Å². The van der Waals surface area contributed by atoms with Crippen molar-refractivity contribution in [1.29, 1.82) is 0 Å². The van der Waals surface area contributed by atoms with E-state index in [0.29, 0.717) is 12.8 Å². The van der Waals surface area contributed by atoms with Gasteiger partial charge in [-0.25, -0.2) is 4.98 Å². The van der Waals surface area contributed by atoms with Crippen molar-refractivity contribution >= 4 is 23.1 Å². The van der Waals surface area contributed by atoms with Crippen LogP contribution in [0.2, 0.25) is 0 Å². The molecule has 9 nitrogen and oxygen atoms in total. The lowest BCUT2D eigenvalue weighted by Gasteiger charge is -2.18. The van der Waals surface area contributed by atoms with E-state index in [9.17, 15) is 14.7 Å².